The maximum Gasteiger partial charge on any atom is 0.311 e. The van der Waals surface area contributed by atoms with E-state index >= 15 is 0 Å². The third-order valence-electron chi connectivity index (χ3n) is 3.22. The van der Waals surface area contributed by atoms with E-state index in [1.54, 1.807) is 4.90 Å². The number of ether oxygens (including phenoxy) is 1. The van der Waals surface area contributed by atoms with Gasteiger partial charge in [0.2, 0.25) is 0 Å². The fourth-order valence-electron chi connectivity index (χ4n) is 2.27. The molecule has 0 radical (unpaired) electrons. The molecular formula is C12H17N3O4. The average molecular weight is 267 g/mol. The van der Waals surface area contributed by atoms with E-state index in [4.69, 9.17) is 4.74 Å². The molecule has 1 aromatic heterocycles. The molecule has 104 valence electrons. The molecule has 2 unspecified atom stereocenters. The smallest absolute Gasteiger partial charge is 0.311 e. The highest BCUT2D eigenvalue weighted by Crippen LogP contribution is 2.22. The lowest BCUT2D eigenvalue weighted by atomic mass is 10.0. The lowest BCUT2D eigenvalue weighted by Crippen LogP contribution is -2.47. The van der Waals surface area contributed by atoms with Crippen LogP contribution in [-0.4, -0.2) is 57.7 Å². The van der Waals surface area contributed by atoms with Gasteiger partial charge in [-0.05, 0) is 6.42 Å². The molecule has 19 heavy (non-hydrogen) atoms. The highest BCUT2D eigenvalue weighted by Gasteiger charge is 2.40. The molecule has 2 heterocycles. The molecule has 0 saturated carbocycles. The van der Waals surface area contributed by atoms with Gasteiger partial charge in [0.05, 0.1) is 31.8 Å². The van der Waals surface area contributed by atoms with Gasteiger partial charge in [0.1, 0.15) is 11.6 Å². The van der Waals surface area contributed by atoms with Gasteiger partial charge in [0.25, 0.3) is 5.91 Å². The molecule has 1 aromatic rings. The normalized spacial score (nSPS) is 22.4. The first-order valence-corrected chi connectivity index (χ1v) is 6.25. The van der Waals surface area contributed by atoms with E-state index in [0.29, 0.717) is 12.2 Å². The monoisotopic (exact) mass is 267 g/mol. The second-order valence-corrected chi connectivity index (χ2v) is 4.51. The van der Waals surface area contributed by atoms with Crippen molar-refractivity contribution >= 4 is 11.9 Å². The molecule has 1 saturated heterocycles. The standard InChI is InChI=1S/C12H17N3O4/c1-2-3-15(11(16)9-4-13-7-14-9)10-6-19-5-8(10)12(17)18/h4,7-8,10H,2-3,5-6H2,1H3,(H,13,14)(H,17,18). The van der Waals surface area contributed by atoms with Crippen LogP contribution in [0.3, 0.4) is 0 Å². The molecule has 2 atom stereocenters. The molecule has 1 aliphatic rings. The van der Waals surface area contributed by atoms with E-state index in [9.17, 15) is 14.7 Å². The summed E-state index contributed by atoms with van der Waals surface area (Å²) in [6.45, 7) is 2.85. The SMILES string of the molecule is CCCN(C(=O)c1cnc[nH]1)C1COCC1C(=O)O. The Kier molecular flexibility index (Phi) is 4.16. The van der Waals surface area contributed by atoms with Gasteiger partial charge in [-0.1, -0.05) is 6.92 Å². The topological polar surface area (TPSA) is 95.5 Å². The van der Waals surface area contributed by atoms with Gasteiger partial charge in [0.15, 0.2) is 0 Å². The zero-order valence-corrected chi connectivity index (χ0v) is 10.7. The number of carbonyl (C=O) groups excluding carboxylic acids is 1. The molecule has 1 aliphatic heterocycles. The van der Waals surface area contributed by atoms with Crippen LogP contribution in [0.15, 0.2) is 12.5 Å². The minimum absolute atomic E-state index is 0.149. The summed E-state index contributed by atoms with van der Waals surface area (Å²) < 4.78 is 5.23. The number of hydrogen-bond donors (Lipinski definition) is 2. The van der Waals surface area contributed by atoms with Crippen LogP contribution >= 0.6 is 0 Å². The van der Waals surface area contributed by atoms with Crippen LogP contribution in [0.5, 0.6) is 0 Å². The summed E-state index contributed by atoms with van der Waals surface area (Å²) in [4.78, 5) is 31.7. The Labute approximate surface area is 110 Å². The van der Waals surface area contributed by atoms with Gasteiger partial charge in [-0.3, -0.25) is 9.59 Å². The summed E-state index contributed by atoms with van der Waals surface area (Å²) in [6.07, 6.45) is 3.62. The third-order valence-corrected chi connectivity index (χ3v) is 3.22. The molecule has 0 bridgehead atoms. The number of carboxylic acids is 1. The number of carbonyl (C=O) groups is 2. The van der Waals surface area contributed by atoms with Crippen LogP contribution in [0.1, 0.15) is 23.8 Å². The minimum atomic E-state index is -0.930. The summed E-state index contributed by atoms with van der Waals surface area (Å²) in [7, 11) is 0. The van der Waals surface area contributed by atoms with Crippen molar-refractivity contribution in [1.82, 2.24) is 14.9 Å². The summed E-state index contributed by atoms with van der Waals surface area (Å²) in [5.74, 6) is -1.83. The van der Waals surface area contributed by atoms with Gasteiger partial charge in [-0.2, -0.15) is 0 Å². The second-order valence-electron chi connectivity index (χ2n) is 4.51. The van der Waals surface area contributed by atoms with Crippen LogP contribution < -0.4 is 0 Å². The molecule has 0 aromatic carbocycles. The van der Waals surface area contributed by atoms with Gasteiger partial charge < -0.3 is 19.7 Å². The largest absolute Gasteiger partial charge is 0.481 e. The number of hydrogen-bond acceptors (Lipinski definition) is 4. The second kappa shape index (κ2) is 5.83. The fourth-order valence-corrected chi connectivity index (χ4v) is 2.27. The zero-order valence-electron chi connectivity index (χ0n) is 10.7. The number of aliphatic carboxylic acids is 1. The number of amides is 1. The third kappa shape index (κ3) is 2.76. The quantitative estimate of drug-likeness (QED) is 0.803. The number of H-pyrrole nitrogens is 1. The molecule has 2 N–H and O–H groups in total. The highest BCUT2D eigenvalue weighted by molar-refractivity contribution is 5.92. The minimum Gasteiger partial charge on any atom is -0.481 e. The molecule has 1 amide bonds. The average Bonchev–Trinajstić information content (AvgIpc) is 3.05. The van der Waals surface area contributed by atoms with E-state index in [0.717, 1.165) is 6.42 Å². The molecule has 7 nitrogen and oxygen atoms in total. The van der Waals surface area contributed by atoms with Crippen molar-refractivity contribution in [3.63, 3.8) is 0 Å². The molecule has 1 fully saturated rings. The van der Waals surface area contributed by atoms with Crippen molar-refractivity contribution in [2.24, 2.45) is 5.92 Å². The Morgan fingerprint density at radius 3 is 2.95 bits per heavy atom. The van der Waals surface area contributed by atoms with E-state index in [1.165, 1.54) is 12.5 Å². The molecule has 0 aliphatic carbocycles. The number of carboxylic acid groups (broad SMARTS) is 1. The molecule has 0 spiro atoms. The van der Waals surface area contributed by atoms with Crippen LogP contribution in [-0.2, 0) is 9.53 Å². The van der Waals surface area contributed by atoms with E-state index in [-0.39, 0.29) is 19.1 Å². The Morgan fingerprint density at radius 1 is 1.58 bits per heavy atom. The Morgan fingerprint density at radius 2 is 2.37 bits per heavy atom. The van der Waals surface area contributed by atoms with Gasteiger partial charge in [-0.15, -0.1) is 0 Å². The van der Waals surface area contributed by atoms with Crippen molar-refractivity contribution in [1.29, 1.82) is 0 Å². The molecular weight excluding hydrogens is 250 g/mol. The van der Waals surface area contributed by atoms with Gasteiger partial charge in [0, 0.05) is 6.54 Å². The molecule has 7 heteroatoms. The van der Waals surface area contributed by atoms with Crippen molar-refractivity contribution < 1.29 is 19.4 Å². The van der Waals surface area contributed by atoms with Crippen LogP contribution in [0.2, 0.25) is 0 Å². The van der Waals surface area contributed by atoms with Crippen molar-refractivity contribution in [3.8, 4) is 0 Å². The summed E-state index contributed by atoms with van der Waals surface area (Å²) in [5.41, 5.74) is 0.365. The fraction of sp³-hybridized carbons (Fsp3) is 0.583. The predicted octanol–water partition coefficient (Wildman–Crippen LogP) is 0.361. The first-order chi connectivity index (χ1) is 9.15. The number of nitrogens with zero attached hydrogens (tertiary/aromatic N) is 2. The number of aromatic nitrogens is 2. The van der Waals surface area contributed by atoms with E-state index in [2.05, 4.69) is 9.97 Å². The van der Waals surface area contributed by atoms with Crippen molar-refractivity contribution in [2.75, 3.05) is 19.8 Å². The number of aromatic amines is 1. The maximum atomic E-state index is 12.4. The lowest BCUT2D eigenvalue weighted by Gasteiger charge is -2.29. The lowest BCUT2D eigenvalue weighted by molar-refractivity contribution is -0.142. The summed E-state index contributed by atoms with van der Waals surface area (Å²) in [5, 5.41) is 9.17. The van der Waals surface area contributed by atoms with E-state index in [1.807, 2.05) is 6.92 Å². The summed E-state index contributed by atoms with van der Waals surface area (Å²) >= 11 is 0. The van der Waals surface area contributed by atoms with Crippen LogP contribution in [0.4, 0.5) is 0 Å². The van der Waals surface area contributed by atoms with E-state index < -0.39 is 17.9 Å². The van der Waals surface area contributed by atoms with Crippen molar-refractivity contribution in [3.05, 3.63) is 18.2 Å². The zero-order chi connectivity index (χ0) is 13.8. The molecule has 2 rings (SSSR count). The summed E-state index contributed by atoms with van der Waals surface area (Å²) in [6, 6.07) is -0.423. The number of nitrogens with one attached hydrogen (secondary N) is 1. The Balaban J connectivity index is 2.20. The van der Waals surface area contributed by atoms with Gasteiger partial charge in [-0.25, -0.2) is 4.98 Å². The first kappa shape index (κ1) is 13.5. The number of imidazole rings is 1. The maximum absolute atomic E-state index is 12.4. The first-order valence-electron chi connectivity index (χ1n) is 6.25. The van der Waals surface area contributed by atoms with Crippen LogP contribution in [0, 0.1) is 5.92 Å². The van der Waals surface area contributed by atoms with Crippen molar-refractivity contribution in [2.45, 2.75) is 19.4 Å². The highest BCUT2D eigenvalue weighted by atomic mass is 16.5. The Bertz CT molecular complexity index is 446. The van der Waals surface area contributed by atoms with Gasteiger partial charge >= 0.3 is 5.97 Å². The predicted molar refractivity (Wildman–Crippen MR) is 65.6 cm³/mol. The van der Waals surface area contributed by atoms with Crippen LogP contribution in [0.25, 0.3) is 0 Å². The Hall–Kier alpha value is -1.89. The number of rotatable bonds is 5.